The Morgan fingerprint density at radius 2 is 1.74 bits per heavy atom. The van der Waals surface area contributed by atoms with Crippen molar-refractivity contribution in [3.8, 4) is 5.75 Å². The van der Waals surface area contributed by atoms with Gasteiger partial charge in [-0.2, -0.15) is 0 Å². The van der Waals surface area contributed by atoms with E-state index in [2.05, 4.69) is 0 Å². The van der Waals surface area contributed by atoms with Crippen molar-refractivity contribution in [1.82, 2.24) is 4.90 Å². The van der Waals surface area contributed by atoms with Gasteiger partial charge >= 0.3 is 5.97 Å². The lowest BCUT2D eigenvalue weighted by Crippen LogP contribution is -2.36. The van der Waals surface area contributed by atoms with E-state index in [4.69, 9.17) is 9.47 Å². The van der Waals surface area contributed by atoms with Gasteiger partial charge in [0.1, 0.15) is 5.75 Å². The first kappa shape index (κ1) is 20.2. The maximum atomic E-state index is 12.4. The molecule has 0 aliphatic carbocycles. The van der Waals surface area contributed by atoms with Crippen LogP contribution in [-0.2, 0) is 20.9 Å². The number of nitrogens with zero attached hydrogens (tertiary/aromatic N) is 1. The van der Waals surface area contributed by atoms with Crippen molar-refractivity contribution in [3.05, 3.63) is 71.8 Å². The normalized spacial score (nSPS) is 11.8. The largest absolute Gasteiger partial charge is 0.494 e. The van der Waals surface area contributed by atoms with E-state index in [1.165, 1.54) is 6.08 Å². The van der Waals surface area contributed by atoms with Crippen LogP contribution in [0, 0.1) is 0 Å². The predicted molar refractivity (Wildman–Crippen MR) is 105 cm³/mol. The molecule has 0 heterocycles. The van der Waals surface area contributed by atoms with Gasteiger partial charge in [0.25, 0.3) is 5.91 Å². The van der Waals surface area contributed by atoms with E-state index >= 15 is 0 Å². The summed E-state index contributed by atoms with van der Waals surface area (Å²) in [6.07, 6.45) is 2.11. The number of likely N-dealkylation sites (N-methyl/N-ethyl adjacent to an activating group) is 1. The predicted octanol–water partition coefficient (Wildman–Crippen LogP) is 3.69. The molecule has 5 heteroatoms. The van der Waals surface area contributed by atoms with Gasteiger partial charge in [-0.05, 0) is 43.2 Å². The Balaban J connectivity index is 1.85. The van der Waals surface area contributed by atoms with Gasteiger partial charge in [0.05, 0.1) is 6.61 Å². The minimum absolute atomic E-state index is 0.248. The fraction of sp³-hybridized carbons (Fsp3) is 0.273. The smallest absolute Gasteiger partial charge is 0.331 e. The number of esters is 1. The van der Waals surface area contributed by atoms with Crippen LogP contribution in [0.2, 0.25) is 0 Å². The molecular formula is C22H25NO4. The van der Waals surface area contributed by atoms with Gasteiger partial charge < -0.3 is 14.4 Å². The maximum Gasteiger partial charge on any atom is 0.331 e. The van der Waals surface area contributed by atoms with Crippen molar-refractivity contribution in [1.29, 1.82) is 0 Å². The van der Waals surface area contributed by atoms with Gasteiger partial charge in [-0.15, -0.1) is 0 Å². The Bertz CT molecular complexity index is 769. The Morgan fingerprint density at radius 3 is 2.37 bits per heavy atom. The number of hydrogen-bond donors (Lipinski definition) is 0. The SMILES string of the molecule is CCOc1ccc(/C=C/C(=O)O[C@H](C)C(=O)N(C)Cc2ccccc2)cc1. The zero-order valence-electron chi connectivity index (χ0n) is 15.9. The molecule has 1 amide bonds. The average molecular weight is 367 g/mol. The molecule has 0 unspecified atom stereocenters. The standard InChI is InChI=1S/C22H25NO4/c1-4-26-20-13-10-18(11-14-20)12-15-21(24)27-17(2)22(25)23(3)16-19-8-6-5-7-9-19/h5-15,17H,4,16H2,1-3H3/b15-12+/t17-/m1/s1. The summed E-state index contributed by atoms with van der Waals surface area (Å²) < 4.78 is 10.6. The summed E-state index contributed by atoms with van der Waals surface area (Å²) >= 11 is 0. The van der Waals surface area contributed by atoms with E-state index in [0.717, 1.165) is 16.9 Å². The molecule has 0 bridgehead atoms. The highest BCUT2D eigenvalue weighted by atomic mass is 16.5. The van der Waals surface area contributed by atoms with E-state index in [0.29, 0.717) is 13.2 Å². The molecule has 0 aromatic heterocycles. The van der Waals surface area contributed by atoms with Crippen molar-refractivity contribution < 1.29 is 19.1 Å². The second-order valence-corrected chi connectivity index (χ2v) is 6.09. The van der Waals surface area contributed by atoms with Crippen LogP contribution in [0.15, 0.2) is 60.7 Å². The molecular weight excluding hydrogens is 342 g/mol. The highest BCUT2D eigenvalue weighted by molar-refractivity contribution is 5.90. The van der Waals surface area contributed by atoms with E-state index in [1.807, 2.05) is 61.5 Å². The van der Waals surface area contributed by atoms with Crippen molar-refractivity contribution in [2.45, 2.75) is 26.5 Å². The Hall–Kier alpha value is -3.08. The van der Waals surface area contributed by atoms with Crippen LogP contribution in [-0.4, -0.2) is 36.5 Å². The van der Waals surface area contributed by atoms with Crippen LogP contribution in [0.5, 0.6) is 5.75 Å². The summed E-state index contributed by atoms with van der Waals surface area (Å²) in [5.41, 5.74) is 1.86. The molecule has 0 spiro atoms. The molecule has 142 valence electrons. The van der Waals surface area contributed by atoms with Gasteiger partial charge in [-0.25, -0.2) is 4.79 Å². The third-order valence-corrected chi connectivity index (χ3v) is 3.88. The second-order valence-electron chi connectivity index (χ2n) is 6.09. The number of carbonyl (C=O) groups excluding carboxylic acids is 2. The average Bonchev–Trinajstić information content (AvgIpc) is 2.67. The number of ether oxygens (including phenoxy) is 2. The molecule has 2 aromatic carbocycles. The first-order chi connectivity index (χ1) is 13.0. The Morgan fingerprint density at radius 1 is 1.07 bits per heavy atom. The highest BCUT2D eigenvalue weighted by Crippen LogP contribution is 2.13. The number of carbonyl (C=O) groups is 2. The molecule has 0 N–H and O–H groups in total. The fourth-order valence-electron chi connectivity index (χ4n) is 2.52. The number of benzene rings is 2. The van der Waals surface area contributed by atoms with Crippen LogP contribution < -0.4 is 4.74 Å². The Kier molecular flexibility index (Phi) is 7.62. The first-order valence-corrected chi connectivity index (χ1v) is 8.90. The highest BCUT2D eigenvalue weighted by Gasteiger charge is 2.20. The van der Waals surface area contributed by atoms with Crippen LogP contribution in [0.1, 0.15) is 25.0 Å². The van der Waals surface area contributed by atoms with E-state index in [-0.39, 0.29) is 5.91 Å². The summed E-state index contributed by atoms with van der Waals surface area (Å²) in [7, 11) is 1.69. The van der Waals surface area contributed by atoms with E-state index < -0.39 is 12.1 Å². The van der Waals surface area contributed by atoms with Gasteiger partial charge in [0, 0.05) is 19.7 Å². The van der Waals surface area contributed by atoms with Gasteiger partial charge in [-0.1, -0.05) is 42.5 Å². The van der Waals surface area contributed by atoms with Crippen molar-refractivity contribution in [2.24, 2.45) is 0 Å². The van der Waals surface area contributed by atoms with Crippen molar-refractivity contribution >= 4 is 18.0 Å². The van der Waals surface area contributed by atoms with Crippen LogP contribution in [0.25, 0.3) is 6.08 Å². The second kappa shape index (κ2) is 10.2. The molecule has 2 rings (SSSR count). The molecule has 0 fully saturated rings. The zero-order chi connectivity index (χ0) is 19.6. The lowest BCUT2D eigenvalue weighted by Gasteiger charge is -2.21. The quantitative estimate of drug-likeness (QED) is 0.527. The Labute approximate surface area is 160 Å². The van der Waals surface area contributed by atoms with Crippen LogP contribution >= 0.6 is 0 Å². The minimum atomic E-state index is -0.851. The van der Waals surface area contributed by atoms with Crippen LogP contribution in [0.3, 0.4) is 0 Å². The summed E-state index contributed by atoms with van der Waals surface area (Å²) in [6.45, 7) is 4.56. The molecule has 0 aliphatic rings. The zero-order valence-corrected chi connectivity index (χ0v) is 15.9. The first-order valence-electron chi connectivity index (χ1n) is 8.90. The molecule has 5 nitrogen and oxygen atoms in total. The number of amides is 1. The lowest BCUT2D eigenvalue weighted by atomic mass is 10.2. The van der Waals surface area contributed by atoms with Crippen molar-refractivity contribution in [3.63, 3.8) is 0 Å². The third-order valence-electron chi connectivity index (χ3n) is 3.88. The van der Waals surface area contributed by atoms with Gasteiger partial charge in [0.2, 0.25) is 0 Å². The molecule has 0 radical (unpaired) electrons. The maximum absolute atomic E-state index is 12.4. The summed E-state index contributed by atoms with van der Waals surface area (Å²) in [5, 5.41) is 0. The fourth-order valence-corrected chi connectivity index (χ4v) is 2.52. The minimum Gasteiger partial charge on any atom is -0.494 e. The summed E-state index contributed by atoms with van der Waals surface area (Å²) in [5.74, 6) is -0.0302. The molecule has 0 saturated heterocycles. The third kappa shape index (κ3) is 6.62. The van der Waals surface area contributed by atoms with Crippen molar-refractivity contribution in [2.75, 3.05) is 13.7 Å². The summed E-state index contributed by atoms with van der Waals surface area (Å²) in [6, 6.07) is 17.0. The van der Waals surface area contributed by atoms with Gasteiger partial charge in [-0.3, -0.25) is 4.79 Å². The molecule has 2 aromatic rings. The number of hydrogen-bond acceptors (Lipinski definition) is 4. The molecule has 27 heavy (non-hydrogen) atoms. The number of rotatable bonds is 8. The lowest BCUT2D eigenvalue weighted by molar-refractivity contribution is -0.154. The molecule has 0 saturated carbocycles. The monoisotopic (exact) mass is 367 g/mol. The van der Waals surface area contributed by atoms with Crippen LogP contribution in [0.4, 0.5) is 0 Å². The van der Waals surface area contributed by atoms with E-state index in [9.17, 15) is 9.59 Å². The van der Waals surface area contributed by atoms with E-state index in [1.54, 1.807) is 24.9 Å². The molecule has 1 atom stereocenters. The molecule has 0 aliphatic heterocycles. The summed E-state index contributed by atoms with van der Waals surface area (Å²) in [4.78, 5) is 25.9. The van der Waals surface area contributed by atoms with Gasteiger partial charge in [0.15, 0.2) is 6.10 Å². The topological polar surface area (TPSA) is 55.8 Å².